The Bertz CT molecular complexity index is 217. The van der Waals surface area contributed by atoms with Gasteiger partial charge in [0.1, 0.15) is 0 Å². The number of hydrogen-bond acceptors (Lipinski definition) is 2. The number of hydrogen-bond donors (Lipinski definition) is 1. The molecule has 2 heteroatoms. The molecule has 0 saturated carbocycles. The van der Waals surface area contributed by atoms with Gasteiger partial charge in [-0.25, -0.2) is 0 Å². The first-order valence-corrected chi connectivity index (χ1v) is 8.14. The van der Waals surface area contributed by atoms with Crippen molar-refractivity contribution in [3.63, 3.8) is 0 Å². The summed E-state index contributed by atoms with van der Waals surface area (Å²) in [5, 5.41) is 3.75. The highest BCUT2D eigenvalue weighted by Gasteiger charge is 2.35. The van der Waals surface area contributed by atoms with Gasteiger partial charge in [-0.2, -0.15) is 0 Å². The molecule has 0 spiro atoms. The van der Waals surface area contributed by atoms with Crippen molar-refractivity contribution in [2.45, 2.75) is 84.2 Å². The summed E-state index contributed by atoms with van der Waals surface area (Å²) in [6.07, 6.45) is 9.39. The number of nitrogens with one attached hydrogen (secondary N) is 1. The molecule has 1 rings (SSSR count). The van der Waals surface area contributed by atoms with Crippen LogP contribution in [0.5, 0.6) is 0 Å². The zero-order chi connectivity index (χ0) is 13.4. The number of unbranched alkanes of at least 4 members (excludes halogenated alkanes) is 3. The Balaban J connectivity index is 2.45. The Morgan fingerprint density at radius 3 is 2.50 bits per heavy atom. The molecule has 1 heterocycles. The van der Waals surface area contributed by atoms with Crippen LogP contribution in [-0.4, -0.2) is 36.1 Å². The van der Waals surface area contributed by atoms with Gasteiger partial charge in [0.2, 0.25) is 0 Å². The molecule has 0 aromatic rings. The predicted octanol–water partition coefficient (Wildman–Crippen LogP) is 3.81. The largest absolute Gasteiger partial charge is 0.311 e. The van der Waals surface area contributed by atoms with E-state index in [1.807, 2.05) is 0 Å². The Hall–Kier alpha value is -0.0800. The number of rotatable bonds is 8. The van der Waals surface area contributed by atoms with Crippen LogP contribution in [0.1, 0.15) is 72.6 Å². The van der Waals surface area contributed by atoms with Crippen molar-refractivity contribution in [3.8, 4) is 0 Å². The van der Waals surface area contributed by atoms with Crippen LogP contribution in [0.15, 0.2) is 0 Å². The monoisotopic (exact) mass is 254 g/mol. The molecule has 0 bridgehead atoms. The van der Waals surface area contributed by atoms with E-state index in [1.54, 1.807) is 0 Å². The van der Waals surface area contributed by atoms with Crippen molar-refractivity contribution in [1.82, 2.24) is 10.2 Å². The fourth-order valence-corrected chi connectivity index (χ4v) is 3.01. The second kappa shape index (κ2) is 8.16. The van der Waals surface area contributed by atoms with E-state index in [1.165, 1.54) is 64.6 Å². The summed E-state index contributed by atoms with van der Waals surface area (Å²) in [6.45, 7) is 13.1. The predicted molar refractivity (Wildman–Crippen MR) is 81.1 cm³/mol. The van der Waals surface area contributed by atoms with Gasteiger partial charge >= 0.3 is 0 Å². The molecule has 0 aliphatic carbocycles. The normalized spacial score (nSPS) is 29.7. The Kier molecular flexibility index (Phi) is 7.25. The first-order valence-electron chi connectivity index (χ1n) is 8.14. The molecule has 0 aromatic heterocycles. The van der Waals surface area contributed by atoms with Crippen LogP contribution in [-0.2, 0) is 0 Å². The highest BCUT2D eigenvalue weighted by Crippen LogP contribution is 2.24. The van der Waals surface area contributed by atoms with Crippen molar-refractivity contribution in [2.24, 2.45) is 0 Å². The van der Waals surface area contributed by atoms with Crippen molar-refractivity contribution in [2.75, 3.05) is 19.6 Å². The van der Waals surface area contributed by atoms with E-state index in [0.717, 1.165) is 6.04 Å². The van der Waals surface area contributed by atoms with E-state index in [4.69, 9.17) is 0 Å². The molecule has 0 aromatic carbocycles. The topological polar surface area (TPSA) is 15.3 Å². The van der Waals surface area contributed by atoms with Crippen LogP contribution < -0.4 is 5.32 Å². The van der Waals surface area contributed by atoms with Gasteiger partial charge in [0, 0.05) is 24.7 Å². The summed E-state index contributed by atoms with van der Waals surface area (Å²) in [7, 11) is 0. The van der Waals surface area contributed by atoms with E-state index in [2.05, 4.69) is 37.9 Å². The zero-order valence-electron chi connectivity index (χ0n) is 13.1. The summed E-state index contributed by atoms with van der Waals surface area (Å²) in [4.78, 5) is 2.76. The molecule has 1 fully saturated rings. The summed E-state index contributed by atoms with van der Waals surface area (Å²) in [5.74, 6) is 0. The minimum Gasteiger partial charge on any atom is -0.311 e. The maximum absolute atomic E-state index is 3.75. The fourth-order valence-electron chi connectivity index (χ4n) is 3.01. The SMILES string of the molecule is CCCCCCN1CC(CCC)NCC1(C)CC. The van der Waals surface area contributed by atoms with Gasteiger partial charge in [0.05, 0.1) is 0 Å². The van der Waals surface area contributed by atoms with Gasteiger partial charge in [-0.3, -0.25) is 4.90 Å². The van der Waals surface area contributed by atoms with E-state index >= 15 is 0 Å². The first-order chi connectivity index (χ1) is 8.66. The molecule has 2 nitrogen and oxygen atoms in total. The third kappa shape index (κ3) is 4.55. The summed E-state index contributed by atoms with van der Waals surface area (Å²) in [5.41, 5.74) is 0.385. The quantitative estimate of drug-likeness (QED) is 0.663. The molecule has 1 saturated heterocycles. The number of nitrogens with zero attached hydrogens (tertiary/aromatic N) is 1. The second-order valence-electron chi connectivity index (χ2n) is 6.22. The molecule has 1 aliphatic heterocycles. The summed E-state index contributed by atoms with van der Waals surface area (Å²) in [6, 6.07) is 0.723. The average Bonchev–Trinajstić information content (AvgIpc) is 2.38. The summed E-state index contributed by atoms with van der Waals surface area (Å²) >= 11 is 0. The van der Waals surface area contributed by atoms with Gasteiger partial charge in [-0.15, -0.1) is 0 Å². The molecule has 108 valence electrons. The highest BCUT2D eigenvalue weighted by atomic mass is 15.3. The van der Waals surface area contributed by atoms with Crippen LogP contribution in [0, 0.1) is 0 Å². The van der Waals surface area contributed by atoms with Crippen molar-refractivity contribution < 1.29 is 0 Å². The minimum absolute atomic E-state index is 0.385. The maximum Gasteiger partial charge on any atom is 0.0303 e. The van der Waals surface area contributed by atoms with Crippen molar-refractivity contribution in [1.29, 1.82) is 0 Å². The molecule has 18 heavy (non-hydrogen) atoms. The number of piperazine rings is 1. The van der Waals surface area contributed by atoms with Crippen LogP contribution in [0.4, 0.5) is 0 Å². The Morgan fingerprint density at radius 2 is 1.89 bits per heavy atom. The molecule has 1 aliphatic rings. The van der Waals surface area contributed by atoms with E-state index < -0.39 is 0 Å². The van der Waals surface area contributed by atoms with Crippen LogP contribution >= 0.6 is 0 Å². The maximum atomic E-state index is 3.75. The molecule has 0 radical (unpaired) electrons. The van der Waals surface area contributed by atoms with Crippen LogP contribution in [0.2, 0.25) is 0 Å². The first kappa shape index (κ1) is 16.0. The standard InChI is InChI=1S/C16H34N2/c1-5-8-9-10-12-18-13-15(11-6-2)17-14-16(18,4)7-3/h15,17H,5-14H2,1-4H3. The second-order valence-corrected chi connectivity index (χ2v) is 6.22. The lowest BCUT2D eigenvalue weighted by Gasteiger charge is -2.48. The van der Waals surface area contributed by atoms with Gasteiger partial charge in [0.25, 0.3) is 0 Å². The Morgan fingerprint density at radius 1 is 1.11 bits per heavy atom. The average molecular weight is 254 g/mol. The molecular weight excluding hydrogens is 220 g/mol. The lowest BCUT2D eigenvalue weighted by Crippen LogP contribution is -2.63. The summed E-state index contributed by atoms with van der Waals surface area (Å²) < 4.78 is 0. The molecule has 0 amide bonds. The van der Waals surface area contributed by atoms with Crippen LogP contribution in [0.25, 0.3) is 0 Å². The minimum atomic E-state index is 0.385. The fraction of sp³-hybridized carbons (Fsp3) is 1.00. The lowest BCUT2D eigenvalue weighted by atomic mass is 9.90. The van der Waals surface area contributed by atoms with E-state index in [0.29, 0.717) is 5.54 Å². The lowest BCUT2D eigenvalue weighted by molar-refractivity contribution is 0.0453. The molecule has 2 atom stereocenters. The molecular formula is C16H34N2. The smallest absolute Gasteiger partial charge is 0.0303 e. The van der Waals surface area contributed by atoms with E-state index in [-0.39, 0.29) is 0 Å². The highest BCUT2D eigenvalue weighted by molar-refractivity contribution is 4.94. The molecule has 2 unspecified atom stereocenters. The van der Waals surface area contributed by atoms with Crippen LogP contribution in [0.3, 0.4) is 0 Å². The third-order valence-electron chi connectivity index (χ3n) is 4.66. The Labute approximate surface area is 115 Å². The van der Waals surface area contributed by atoms with Gasteiger partial charge < -0.3 is 5.32 Å². The van der Waals surface area contributed by atoms with Gasteiger partial charge in [-0.1, -0.05) is 46.5 Å². The molecule has 1 N–H and O–H groups in total. The van der Waals surface area contributed by atoms with Gasteiger partial charge in [0.15, 0.2) is 0 Å². The third-order valence-corrected chi connectivity index (χ3v) is 4.66. The van der Waals surface area contributed by atoms with Crippen molar-refractivity contribution in [3.05, 3.63) is 0 Å². The zero-order valence-corrected chi connectivity index (χ0v) is 13.1. The van der Waals surface area contributed by atoms with E-state index in [9.17, 15) is 0 Å². The van der Waals surface area contributed by atoms with Crippen molar-refractivity contribution >= 4 is 0 Å². The van der Waals surface area contributed by atoms with Gasteiger partial charge in [-0.05, 0) is 32.7 Å².